The van der Waals surface area contributed by atoms with Crippen LogP contribution in [-0.4, -0.2) is 30.1 Å². The number of carbonyl (C=O) groups is 2. The van der Waals surface area contributed by atoms with Gasteiger partial charge in [-0.1, -0.05) is 47.5 Å². The van der Waals surface area contributed by atoms with Crippen molar-refractivity contribution in [3.63, 3.8) is 0 Å². The molecule has 1 aromatic heterocycles. The van der Waals surface area contributed by atoms with E-state index >= 15 is 0 Å². The highest BCUT2D eigenvalue weighted by Crippen LogP contribution is 2.25. The molecule has 10 nitrogen and oxygen atoms in total. The van der Waals surface area contributed by atoms with Crippen molar-refractivity contribution < 1.29 is 18.0 Å². The van der Waals surface area contributed by atoms with Crippen LogP contribution in [0.1, 0.15) is 16.8 Å². The quantitative estimate of drug-likeness (QED) is 0.312. The second-order valence-electron chi connectivity index (χ2n) is 8.13. The summed E-state index contributed by atoms with van der Waals surface area (Å²) in [7, 11) is -4.24. The Morgan fingerprint density at radius 2 is 1.63 bits per heavy atom. The monoisotopic (exact) mass is 548 g/mol. The Morgan fingerprint density at radius 3 is 2.26 bits per heavy atom. The summed E-state index contributed by atoms with van der Waals surface area (Å²) in [5, 5.41) is 19.8. The standard InChI is InChI=1S/C26H21ClN6O4S/c1-17-7-11-19(12-8-17)29-24(34)15-23-22(16-28)25(33(31-23)20-5-3-2-4-6-20)30-26(35)32-38(36,37)21-13-9-18(27)10-14-21/h2-14H,15H2,1H3,(H,29,34)(H2,30,32,35). The first kappa shape index (κ1) is 26.4. The molecule has 0 fully saturated rings. The lowest BCUT2D eigenvalue weighted by Gasteiger charge is -2.11. The van der Waals surface area contributed by atoms with E-state index in [2.05, 4.69) is 15.7 Å². The van der Waals surface area contributed by atoms with Crippen LogP contribution in [0.5, 0.6) is 0 Å². The predicted octanol–water partition coefficient (Wildman–Crippen LogP) is 4.40. The van der Waals surface area contributed by atoms with Crippen LogP contribution in [0, 0.1) is 18.3 Å². The minimum atomic E-state index is -4.24. The normalized spacial score (nSPS) is 10.9. The van der Waals surface area contributed by atoms with Crippen LogP contribution in [0.3, 0.4) is 0 Å². The fraction of sp³-hybridized carbons (Fsp3) is 0.0769. The lowest BCUT2D eigenvalue weighted by Crippen LogP contribution is -2.35. The molecule has 38 heavy (non-hydrogen) atoms. The lowest BCUT2D eigenvalue weighted by atomic mass is 10.1. The van der Waals surface area contributed by atoms with Gasteiger partial charge in [-0.25, -0.2) is 22.6 Å². The number of amides is 3. The third-order valence-electron chi connectivity index (χ3n) is 5.32. The Kier molecular flexibility index (Phi) is 7.76. The molecule has 0 aliphatic carbocycles. The van der Waals surface area contributed by atoms with Crippen LogP contribution in [-0.2, 0) is 21.2 Å². The first-order chi connectivity index (χ1) is 18.2. The van der Waals surface area contributed by atoms with Gasteiger partial charge in [0.05, 0.1) is 22.7 Å². The topological polar surface area (TPSA) is 146 Å². The third-order valence-corrected chi connectivity index (χ3v) is 6.92. The van der Waals surface area contributed by atoms with Gasteiger partial charge in [0.15, 0.2) is 5.82 Å². The molecule has 0 saturated carbocycles. The molecule has 0 spiro atoms. The summed E-state index contributed by atoms with van der Waals surface area (Å²) in [6.45, 7) is 1.92. The van der Waals surface area contributed by atoms with E-state index in [1.165, 1.54) is 28.9 Å². The molecule has 3 N–H and O–H groups in total. The molecule has 0 atom stereocenters. The van der Waals surface area contributed by atoms with Gasteiger partial charge in [-0.15, -0.1) is 0 Å². The highest BCUT2D eigenvalue weighted by atomic mass is 35.5. The maximum absolute atomic E-state index is 12.8. The Balaban J connectivity index is 1.63. The summed E-state index contributed by atoms with van der Waals surface area (Å²) in [6, 6.07) is 21.9. The average Bonchev–Trinajstić information content (AvgIpc) is 3.22. The number of anilines is 2. The molecule has 12 heteroatoms. The van der Waals surface area contributed by atoms with E-state index in [1.54, 1.807) is 42.5 Å². The van der Waals surface area contributed by atoms with E-state index in [4.69, 9.17) is 11.6 Å². The van der Waals surface area contributed by atoms with Gasteiger partial charge < -0.3 is 5.32 Å². The minimum absolute atomic E-state index is 0.0908. The maximum Gasteiger partial charge on any atom is 0.334 e. The molecule has 4 aromatic rings. The van der Waals surface area contributed by atoms with Crippen LogP contribution in [0.15, 0.2) is 83.8 Å². The van der Waals surface area contributed by atoms with E-state index in [1.807, 2.05) is 29.8 Å². The number of hydrogen-bond acceptors (Lipinski definition) is 6. The number of urea groups is 1. The van der Waals surface area contributed by atoms with Crippen LogP contribution in [0.25, 0.3) is 5.69 Å². The van der Waals surface area contributed by atoms with Crippen molar-refractivity contribution >= 4 is 45.1 Å². The van der Waals surface area contributed by atoms with Crippen molar-refractivity contribution in [2.75, 3.05) is 10.6 Å². The van der Waals surface area contributed by atoms with Crippen molar-refractivity contribution in [2.24, 2.45) is 0 Å². The highest BCUT2D eigenvalue weighted by Gasteiger charge is 2.25. The van der Waals surface area contributed by atoms with Gasteiger partial charge in [0.2, 0.25) is 5.91 Å². The van der Waals surface area contributed by atoms with Gasteiger partial charge in [0.1, 0.15) is 11.6 Å². The average molecular weight is 549 g/mol. The number of aromatic nitrogens is 2. The maximum atomic E-state index is 12.8. The second kappa shape index (κ2) is 11.2. The highest BCUT2D eigenvalue weighted by molar-refractivity contribution is 7.90. The summed E-state index contributed by atoms with van der Waals surface area (Å²) in [5.41, 5.74) is 2.09. The number of rotatable bonds is 7. The van der Waals surface area contributed by atoms with Crippen molar-refractivity contribution in [1.29, 1.82) is 5.26 Å². The number of halogens is 1. The molecule has 0 bridgehead atoms. The largest absolute Gasteiger partial charge is 0.334 e. The number of benzene rings is 3. The molecule has 0 aliphatic rings. The molecule has 1 heterocycles. The van der Waals surface area contributed by atoms with Gasteiger partial charge >= 0.3 is 6.03 Å². The summed E-state index contributed by atoms with van der Waals surface area (Å²) in [6.07, 6.45) is -0.268. The molecule has 4 rings (SSSR count). The van der Waals surface area contributed by atoms with Gasteiger partial charge in [0, 0.05) is 10.7 Å². The predicted molar refractivity (Wildman–Crippen MR) is 143 cm³/mol. The first-order valence-corrected chi connectivity index (χ1v) is 13.1. The Labute approximate surface area is 223 Å². The number of nitriles is 1. The van der Waals surface area contributed by atoms with E-state index in [-0.39, 0.29) is 28.4 Å². The number of sulfonamides is 1. The van der Waals surface area contributed by atoms with Gasteiger partial charge in [-0.3, -0.25) is 10.1 Å². The van der Waals surface area contributed by atoms with E-state index in [9.17, 15) is 23.3 Å². The fourth-order valence-electron chi connectivity index (χ4n) is 3.50. The fourth-order valence-corrected chi connectivity index (χ4v) is 4.53. The Morgan fingerprint density at radius 1 is 0.974 bits per heavy atom. The van der Waals surface area contributed by atoms with Crippen molar-refractivity contribution in [3.8, 4) is 11.8 Å². The van der Waals surface area contributed by atoms with Gasteiger partial charge in [0.25, 0.3) is 10.0 Å². The van der Waals surface area contributed by atoms with Crippen molar-refractivity contribution in [2.45, 2.75) is 18.2 Å². The molecule has 0 radical (unpaired) electrons. The van der Waals surface area contributed by atoms with Gasteiger partial charge in [-0.2, -0.15) is 10.4 Å². The van der Waals surface area contributed by atoms with Crippen LogP contribution >= 0.6 is 11.6 Å². The van der Waals surface area contributed by atoms with Crippen molar-refractivity contribution in [3.05, 3.63) is 101 Å². The number of nitrogens with zero attached hydrogens (tertiary/aromatic N) is 3. The molecule has 192 valence electrons. The molecule has 3 amide bonds. The molecule has 3 aromatic carbocycles. The number of aryl methyl sites for hydroxylation is 1. The van der Waals surface area contributed by atoms with E-state index < -0.39 is 22.0 Å². The molecule has 0 unspecified atom stereocenters. The first-order valence-electron chi connectivity index (χ1n) is 11.2. The molecule has 0 aliphatic heterocycles. The second-order valence-corrected chi connectivity index (χ2v) is 10.3. The number of para-hydroxylation sites is 1. The van der Waals surface area contributed by atoms with Crippen molar-refractivity contribution in [1.82, 2.24) is 14.5 Å². The zero-order chi connectivity index (χ0) is 27.3. The van der Waals surface area contributed by atoms with Crippen LogP contribution in [0.4, 0.5) is 16.3 Å². The lowest BCUT2D eigenvalue weighted by molar-refractivity contribution is -0.115. The Hall–Kier alpha value is -4.66. The zero-order valence-corrected chi connectivity index (χ0v) is 21.5. The minimum Gasteiger partial charge on any atom is -0.326 e. The molecule has 0 saturated heterocycles. The van der Waals surface area contributed by atoms with Gasteiger partial charge in [-0.05, 0) is 55.5 Å². The summed E-state index contributed by atoms with van der Waals surface area (Å²) in [5.74, 6) is -0.523. The van der Waals surface area contributed by atoms with E-state index in [0.717, 1.165) is 5.56 Å². The number of carbonyl (C=O) groups excluding carboxylic acids is 2. The number of hydrogen-bond donors (Lipinski definition) is 3. The summed E-state index contributed by atoms with van der Waals surface area (Å²) >= 11 is 5.81. The van der Waals surface area contributed by atoms with E-state index in [0.29, 0.717) is 16.4 Å². The van der Waals surface area contributed by atoms with Crippen LogP contribution < -0.4 is 15.4 Å². The number of nitrogens with one attached hydrogen (secondary N) is 3. The molecular formula is C26H21ClN6O4S. The Bertz CT molecular complexity index is 1630. The summed E-state index contributed by atoms with van der Waals surface area (Å²) < 4.78 is 28.5. The summed E-state index contributed by atoms with van der Waals surface area (Å²) in [4.78, 5) is 25.3. The smallest absolute Gasteiger partial charge is 0.326 e. The zero-order valence-electron chi connectivity index (χ0n) is 20.0. The SMILES string of the molecule is Cc1ccc(NC(=O)Cc2nn(-c3ccccc3)c(NC(=O)NS(=O)(=O)c3ccc(Cl)cc3)c2C#N)cc1. The van der Waals surface area contributed by atoms with Crippen LogP contribution in [0.2, 0.25) is 5.02 Å². The molecular weight excluding hydrogens is 528 g/mol. The third kappa shape index (κ3) is 6.18.